The number of hydrogen-bond donors (Lipinski definition) is 3. The molecule has 1 unspecified atom stereocenters. The number of rotatable bonds is 7. The van der Waals surface area contributed by atoms with Gasteiger partial charge in [0, 0.05) is 6.54 Å². The minimum atomic E-state index is -0.600. The van der Waals surface area contributed by atoms with Gasteiger partial charge in [-0.15, -0.1) is 0 Å². The van der Waals surface area contributed by atoms with Gasteiger partial charge in [0.1, 0.15) is 5.92 Å². The van der Waals surface area contributed by atoms with E-state index in [1.807, 2.05) is 13.8 Å². The van der Waals surface area contributed by atoms with Crippen LogP contribution in [0, 0.1) is 11.8 Å². The van der Waals surface area contributed by atoms with Gasteiger partial charge in [0.05, 0.1) is 12.7 Å². The van der Waals surface area contributed by atoms with Gasteiger partial charge in [-0.2, -0.15) is 0 Å². The number of nitrogens with one attached hydrogen (secondary N) is 1. The van der Waals surface area contributed by atoms with Gasteiger partial charge in [0.2, 0.25) is 5.91 Å². The lowest BCUT2D eigenvalue weighted by Crippen LogP contribution is -2.42. The van der Waals surface area contributed by atoms with E-state index in [9.17, 15) is 4.79 Å². The summed E-state index contributed by atoms with van der Waals surface area (Å²) in [4.78, 5) is 11.9. The van der Waals surface area contributed by atoms with Crippen LogP contribution in [0.2, 0.25) is 0 Å². The fraction of sp³-hybridized carbons (Fsp3) is 0.846. The van der Waals surface area contributed by atoms with E-state index in [4.69, 9.17) is 15.7 Å². The third-order valence-electron chi connectivity index (χ3n) is 3.44. The Bertz CT molecular complexity index is 312. The fourth-order valence-corrected chi connectivity index (χ4v) is 2.41. The van der Waals surface area contributed by atoms with Crippen LogP contribution in [0.5, 0.6) is 0 Å². The van der Waals surface area contributed by atoms with Crippen molar-refractivity contribution in [2.24, 2.45) is 22.7 Å². The number of amidine groups is 1. The molecule has 0 aliphatic heterocycles. The summed E-state index contributed by atoms with van der Waals surface area (Å²) in [5, 5.41) is 14.4. The molecule has 0 bridgehead atoms. The molecule has 6 nitrogen and oxygen atoms in total. The summed E-state index contributed by atoms with van der Waals surface area (Å²) in [7, 11) is 0. The lowest BCUT2D eigenvalue weighted by molar-refractivity contribution is -0.124. The van der Waals surface area contributed by atoms with Gasteiger partial charge in [0.15, 0.2) is 5.84 Å². The van der Waals surface area contributed by atoms with E-state index in [2.05, 4.69) is 10.5 Å². The molecule has 0 spiro atoms. The smallest absolute Gasteiger partial charge is 0.231 e. The Hall–Kier alpha value is -1.30. The van der Waals surface area contributed by atoms with Crippen LogP contribution in [0.25, 0.3) is 0 Å². The van der Waals surface area contributed by atoms with Crippen LogP contribution in [0.4, 0.5) is 0 Å². The first-order valence-electron chi connectivity index (χ1n) is 6.93. The molecule has 1 aliphatic rings. The molecule has 110 valence electrons. The van der Waals surface area contributed by atoms with E-state index < -0.39 is 5.92 Å². The second kappa shape index (κ2) is 7.99. The second-order valence-corrected chi connectivity index (χ2v) is 5.31. The topological polar surface area (TPSA) is 96.9 Å². The minimum absolute atomic E-state index is 0.0216. The quantitative estimate of drug-likeness (QED) is 0.212. The molecule has 0 aromatic carbocycles. The van der Waals surface area contributed by atoms with Gasteiger partial charge in [-0.25, -0.2) is 0 Å². The number of oxime groups is 1. The molecule has 1 atom stereocenters. The van der Waals surface area contributed by atoms with Crippen molar-refractivity contribution in [3.8, 4) is 0 Å². The van der Waals surface area contributed by atoms with Crippen molar-refractivity contribution >= 4 is 11.7 Å². The van der Waals surface area contributed by atoms with Crippen molar-refractivity contribution in [2.75, 3.05) is 13.2 Å². The Morgan fingerprint density at radius 1 is 1.47 bits per heavy atom. The lowest BCUT2D eigenvalue weighted by atomic mass is 9.94. The van der Waals surface area contributed by atoms with Crippen LogP contribution in [-0.4, -0.2) is 36.2 Å². The van der Waals surface area contributed by atoms with Crippen LogP contribution < -0.4 is 11.1 Å². The van der Waals surface area contributed by atoms with Gasteiger partial charge in [0.25, 0.3) is 0 Å². The van der Waals surface area contributed by atoms with E-state index in [0.29, 0.717) is 19.3 Å². The molecule has 6 heteroatoms. The molecule has 0 heterocycles. The summed E-state index contributed by atoms with van der Waals surface area (Å²) in [6.45, 7) is 4.68. The summed E-state index contributed by atoms with van der Waals surface area (Å²) in [5.74, 6) is -0.896. The van der Waals surface area contributed by atoms with E-state index in [-0.39, 0.29) is 17.7 Å². The van der Waals surface area contributed by atoms with Crippen LogP contribution in [0.15, 0.2) is 5.16 Å². The Morgan fingerprint density at radius 2 is 2.11 bits per heavy atom. The molecule has 4 N–H and O–H groups in total. The largest absolute Gasteiger partial charge is 0.409 e. The van der Waals surface area contributed by atoms with E-state index >= 15 is 0 Å². The van der Waals surface area contributed by atoms with Gasteiger partial charge < -0.3 is 21.0 Å². The van der Waals surface area contributed by atoms with Crippen molar-refractivity contribution in [1.82, 2.24) is 5.32 Å². The first-order valence-corrected chi connectivity index (χ1v) is 6.93. The minimum Gasteiger partial charge on any atom is -0.409 e. The molecule has 1 saturated carbocycles. The number of carbonyl (C=O) groups excluding carboxylic acids is 1. The molecule has 0 radical (unpaired) electrons. The molecule has 0 aromatic rings. The first kappa shape index (κ1) is 15.8. The summed E-state index contributed by atoms with van der Waals surface area (Å²) in [6.07, 6.45) is 5.05. The summed E-state index contributed by atoms with van der Waals surface area (Å²) in [5.41, 5.74) is 5.53. The third kappa shape index (κ3) is 5.06. The number of amides is 1. The van der Waals surface area contributed by atoms with E-state index in [0.717, 1.165) is 12.8 Å². The van der Waals surface area contributed by atoms with Crippen LogP contribution in [0.3, 0.4) is 0 Å². The van der Waals surface area contributed by atoms with E-state index in [1.165, 1.54) is 12.8 Å². The molecule has 0 saturated heterocycles. The highest BCUT2D eigenvalue weighted by Gasteiger charge is 2.26. The number of nitrogens with zero attached hydrogens (tertiary/aromatic N) is 1. The molecule has 0 aromatic heterocycles. The van der Waals surface area contributed by atoms with Crippen molar-refractivity contribution in [3.63, 3.8) is 0 Å². The highest BCUT2D eigenvalue weighted by Crippen LogP contribution is 2.20. The monoisotopic (exact) mass is 271 g/mol. The highest BCUT2D eigenvalue weighted by molar-refractivity contribution is 6.02. The van der Waals surface area contributed by atoms with Crippen molar-refractivity contribution < 1.29 is 14.7 Å². The van der Waals surface area contributed by atoms with Crippen LogP contribution in [0.1, 0.15) is 39.5 Å². The highest BCUT2D eigenvalue weighted by atomic mass is 16.5. The maximum Gasteiger partial charge on any atom is 0.231 e. The lowest BCUT2D eigenvalue weighted by Gasteiger charge is -2.19. The molecule has 1 fully saturated rings. The number of ether oxygens (including phenoxy) is 1. The van der Waals surface area contributed by atoms with Crippen molar-refractivity contribution in [1.29, 1.82) is 0 Å². The zero-order valence-corrected chi connectivity index (χ0v) is 11.8. The SMILES string of the molecule is CC(C)C(C(=O)NCCOC1CCCC1)C(N)=NO. The molecule has 19 heavy (non-hydrogen) atoms. The van der Waals surface area contributed by atoms with Gasteiger partial charge in [-0.3, -0.25) is 4.79 Å². The maximum atomic E-state index is 11.9. The predicted molar refractivity (Wildman–Crippen MR) is 73.0 cm³/mol. The summed E-state index contributed by atoms with van der Waals surface area (Å²) < 4.78 is 5.65. The zero-order chi connectivity index (χ0) is 14.3. The maximum absolute atomic E-state index is 11.9. The van der Waals surface area contributed by atoms with Crippen LogP contribution in [-0.2, 0) is 9.53 Å². The summed E-state index contributed by atoms with van der Waals surface area (Å²) >= 11 is 0. The Morgan fingerprint density at radius 3 is 2.63 bits per heavy atom. The van der Waals surface area contributed by atoms with Gasteiger partial charge in [-0.05, 0) is 18.8 Å². The van der Waals surface area contributed by atoms with Crippen molar-refractivity contribution in [3.05, 3.63) is 0 Å². The third-order valence-corrected chi connectivity index (χ3v) is 3.44. The normalized spacial score (nSPS) is 18.8. The zero-order valence-electron chi connectivity index (χ0n) is 11.8. The van der Waals surface area contributed by atoms with Gasteiger partial charge in [-0.1, -0.05) is 31.8 Å². The Labute approximate surface area is 114 Å². The number of hydrogen-bond acceptors (Lipinski definition) is 4. The molecule has 1 aliphatic carbocycles. The predicted octanol–water partition coefficient (Wildman–Crippen LogP) is 1.08. The average Bonchev–Trinajstić information content (AvgIpc) is 2.87. The van der Waals surface area contributed by atoms with Crippen LogP contribution >= 0.6 is 0 Å². The first-order chi connectivity index (χ1) is 9.06. The number of carbonyl (C=O) groups is 1. The molecular weight excluding hydrogens is 246 g/mol. The standard InChI is InChI=1S/C13H25N3O3/c1-9(2)11(12(14)16-18)13(17)15-7-8-19-10-5-3-4-6-10/h9-11,18H,3-8H2,1-2H3,(H2,14,16)(H,15,17). The van der Waals surface area contributed by atoms with Crippen molar-refractivity contribution in [2.45, 2.75) is 45.6 Å². The second-order valence-electron chi connectivity index (χ2n) is 5.31. The Kier molecular flexibility index (Phi) is 6.62. The molecular formula is C13H25N3O3. The van der Waals surface area contributed by atoms with E-state index in [1.54, 1.807) is 0 Å². The molecule has 1 rings (SSSR count). The number of nitrogens with two attached hydrogens (primary N) is 1. The summed E-state index contributed by atoms with van der Waals surface area (Å²) in [6, 6.07) is 0. The fourth-order valence-electron chi connectivity index (χ4n) is 2.41. The average molecular weight is 271 g/mol. The molecule has 1 amide bonds. The Balaban J connectivity index is 2.28. The van der Waals surface area contributed by atoms with Gasteiger partial charge >= 0.3 is 0 Å².